The Kier molecular flexibility index (Phi) is 5.42. The molecule has 1 atom stereocenters. The van der Waals surface area contributed by atoms with E-state index in [0.717, 1.165) is 12.2 Å². The van der Waals surface area contributed by atoms with Crippen LogP contribution in [0.4, 0.5) is 0 Å². The summed E-state index contributed by atoms with van der Waals surface area (Å²) in [7, 11) is 1.72. The van der Waals surface area contributed by atoms with Crippen molar-refractivity contribution >= 4 is 0 Å². The topological polar surface area (TPSA) is 29.5 Å². The average molecular weight is 264 g/mol. The molecule has 0 aromatic heterocycles. The summed E-state index contributed by atoms with van der Waals surface area (Å²) in [6, 6.07) is 6.44. The smallest absolute Gasteiger partial charge is 0.122 e. The van der Waals surface area contributed by atoms with E-state index in [4.69, 9.17) is 4.74 Å². The lowest BCUT2D eigenvalue weighted by Gasteiger charge is -2.26. The van der Waals surface area contributed by atoms with Crippen LogP contribution in [-0.4, -0.2) is 18.8 Å². The first-order valence-corrected chi connectivity index (χ1v) is 7.10. The SMILES string of the molecule is COc1ccc(C(CCO)C(C)C)cc1C(C)(C)C. The third-order valence-corrected chi connectivity index (χ3v) is 3.70. The molecule has 0 amide bonds. The van der Waals surface area contributed by atoms with Crippen molar-refractivity contribution in [3.05, 3.63) is 29.3 Å². The van der Waals surface area contributed by atoms with E-state index in [1.807, 2.05) is 0 Å². The van der Waals surface area contributed by atoms with Crippen molar-refractivity contribution < 1.29 is 9.84 Å². The fourth-order valence-electron chi connectivity index (χ4n) is 2.57. The molecule has 2 nitrogen and oxygen atoms in total. The van der Waals surface area contributed by atoms with Crippen molar-refractivity contribution in [2.45, 2.75) is 52.4 Å². The van der Waals surface area contributed by atoms with Gasteiger partial charge in [0.25, 0.3) is 0 Å². The molecule has 0 spiro atoms. The summed E-state index contributed by atoms with van der Waals surface area (Å²) < 4.78 is 5.48. The number of rotatable bonds is 5. The van der Waals surface area contributed by atoms with Gasteiger partial charge in [0.2, 0.25) is 0 Å². The van der Waals surface area contributed by atoms with Gasteiger partial charge in [-0.25, -0.2) is 0 Å². The van der Waals surface area contributed by atoms with Gasteiger partial charge in [-0.2, -0.15) is 0 Å². The first-order valence-electron chi connectivity index (χ1n) is 7.10. The highest BCUT2D eigenvalue weighted by molar-refractivity contribution is 5.42. The second kappa shape index (κ2) is 6.42. The van der Waals surface area contributed by atoms with E-state index >= 15 is 0 Å². The molecule has 1 unspecified atom stereocenters. The fourth-order valence-corrected chi connectivity index (χ4v) is 2.57. The molecule has 0 saturated heterocycles. The predicted molar refractivity (Wildman–Crippen MR) is 81.0 cm³/mol. The molecule has 0 heterocycles. The van der Waals surface area contributed by atoms with Crippen LogP contribution in [0.1, 0.15) is 58.1 Å². The Labute approximate surface area is 117 Å². The number of aliphatic hydroxyl groups excluding tert-OH is 1. The minimum atomic E-state index is 0.0576. The number of benzene rings is 1. The van der Waals surface area contributed by atoms with Crippen LogP contribution in [0, 0.1) is 5.92 Å². The summed E-state index contributed by atoms with van der Waals surface area (Å²) in [6.45, 7) is 11.3. The van der Waals surface area contributed by atoms with E-state index in [1.165, 1.54) is 11.1 Å². The highest BCUT2D eigenvalue weighted by Crippen LogP contribution is 2.36. The number of methoxy groups -OCH3 is 1. The molecule has 108 valence electrons. The first-order chi connectivity index (χ1) is 8.81. The highest BCUT2D eigenvalue weighted by Gasteiger charge is 2.22. The molecule has 1 rings (SSSR count). The first kappa shape index (κ1) is 16.0. The molecular formula is C17H28O2. The molecule has 1 aromatic rings. The van der Waals surface area contributed by atoms with Crippen molar-refractivity contribution in [3.8, 4) is 5.75 Å². The van der Waals surface area contributed by atoms with Gasteiger partial charge in [0.05, 0.1) is 7.11 Å². The van der Waals surface area contributed by atoms with Gasteiger partial charge >= 0.3 is 0 Å². The van der Waals surface area contributed by atoms with Gasteiger partial charge in [-0.1, -0.05) is 46.8 Å². The Morgan fingerprint density at radius 2 is 1.84 bits per heavy atom. The minimum absolute atomic E-state index is 0.0576. The number of aliphatic hydroxyl groups is 1. The zero-order valence-corrected chi connectivity index (χ0v) is 13.2. The van der Waals surface area contributed by atoms with Crippen molar-refractivity contribution in [1.82, 2.24) is 0 Å². The minimum Gasteiger partial charge on any atom is -0.496 e. The molecule has 0 aliphatic rings. The van der Waals surface area contributed by atoms with Crippen molar-refractivity contribution in [2.24, 2.45) is 5.92 Å². The third kappa shape index (κ3) is 3.97. The third-order valence-electron chi connectivity index (χ3n) is 3.70. The maximum atomic E-state index is 9.25. The van der Waals surface area contributed by atoms with Crippen molar-refractivity contribution in [2.75, 3.05) is 13.7 Å². The van der Waals surface area contributed by atoms with E-state index < -0.39 is 0 Å². The van der Waals surface area contributed by atoms with Crippen LogP contribution in [0.2, 0.25) is 0 Å². The summed E-state index contributed by atoms with van der Waals surface area (Å²) in [5.41, 5.74) is 2.59. The van der Waals surface area contributed by atoms with Gasteiger partial charge in [-0.3, -0.25) is 0 Å². The van der Waals surface area contributed by atoms with Gasteiger partial charge in [-0.15, -0.1) is 0 Å². The lowest BCUT2D eigenvalue weighted by atomic mass is 9.80. The quantitative estimate of drug-likeness (QED) is 0.867. The summed E-state index contributed by atoms with van der Waals surface area (Å²) >= 11 is 0. The van der Waals surface area contributed by atoms with Crippen molar-refractivity contribution in [1.29, 1.82) is 0 Å². The van der Waals surface area contributed by atoms with Crippen LogP contribution in [-0.2, 0) is 5.41 Å². The highest BCUT2D eigenvalue weighted by atomic mass is 16.5. The number of ether oxygens (including phenoxy) is 1. The predicted octanol–water partition coefficient (Wildman–Crippen LogP) is 4.11. The van der Waals surface area contributed by atoms with Gasteiger partial charge in [0.1, 0.15) is 5.75 Å². The van der Waals surface area contributed by atoms with Crippen LogP contribution in [0.3, 0.4) is 0 Å². The van der Waals surface area contributed by atoms with Gasteiger partial charge < -0.3 is 9.84 Å². The van der Waals surface area contributed by atoms with Gasteiger partial charge in [-0.05, 0) is 40.9 Å². The van der Waals surface area contributed by atoms with Crippen LogP contribution >= 0.6 is 0 Å². The molecule has 2 heteroatoms. The Hall–Kier alpha value is -1.02. The van der Waals surface area contributed by atoms with Crippen LogP contribution in [0.15, 0.2) is 18.2 Å². The maximum absolute atomic E-state index is 9.25. The molecule has 0 fully saturated rings. The molecule has 0 aliphatic heterocycles. The molecule has 0 radical (unpaired) electrons. The van der Waals surface area contributed by atoms with Crippen LogP contribution in [0.25, 0.3) is 0 Å². The lowest BCUT2D eigenvalue weighted by molar-refractivity contribution is 0.261. The Morgan fingerprint density at radius 1 is 1.21 bits per heavy atom. The maximum Gasteiger partial charge on any atom is 0.122 e. The largest absolute Gasteiger partial charge is 0.496 e. The Balaban J connectivity index is 3.23. The Bertz CT molecular complexity index is 402. The van der Waals surface area contributed by atoms with Gasteiger partial charge in [0, 0.05) is 6.61 Å². The van der Waals surface area contributed by atoms with E-state index in [-0.39, 0.29) is 12.0 Å². The van der Waals surface area contributed by atoms with E-state index in [9.17, 15) is 5.11 Å². The van der Waals surface area contributed by atoms with Gasteiger partial charge in [0.15, 0.2) is 0 Å². The Morgan fingerprint density at radius 3 is 2.26 bits per heavy atom. The molecule has 1 aromatic carbocycles. The lowest BCUT2D eigenvalue weighted by Crippen LogP contribution is -2.15. The zero-order chi connectivity index (χ0) is 14.6. The molecular weight excluding hydrogens is 236 g/mol. The summed E-state index contributed by atoms with van der Waals surface area (Å²) in [5, 5.41) is 9.25. The molecule has 0 saturated carbocycles. The van der Waals surface area contributed by atoms with Crippen LogP contribution in [0.5, 0.6) is 5.75 Å². The van der Waals surface area contributed by atoms with E-state index in [1.54, 1.807) is 7.11 Å². The van der Waals surface area contributed by atoms with Crippen LogP contribution < -0.4 is 4.74 Å². The second-order valence-electron chi connectivity index (χ2n) is 6.57. The summed E-state index contributed by atoms with van der Waals surface area (Å²) in [4.78, 5) is 0. The average Bonchev–Trinajstić information content (AvgIpc) is 2.33. The number of hydrogen-bond acceptors (Lipinski definition) is 2. The van der Waals surface area contributed by atoms with E-state index in [0.29, 0.717) is 11.8 Å². The monoisotopic (exact) mass is 264 g/mol. The molecule has 0 aliphatic carbocycles. The van der Waals surface area contributed by atoms with E-state index in [2.05, 4.69) is 52.8 Å². The summed E-state index contributed by atoms with van der Waals surface area (Å²) in [6.07, 6.45) is 0.813. The van der Waals surface area contributed by atoms with Crippen molar-refractivity contribution in [3.63, 3.8) is 0 Å². The normalized spacial score (nSPS) is 13.7. The zero-order valence-electron chi connectivity index (χ0n) is 13.2. The standard InChI is InChI=1S/C17H28O2/c1-12(2)14(9-10-18)13-7-8-16(19-6)15(11-13)17(3,4)5/h7-8,11-12,14,18H,9-10H2,1-6H3. The second-order valence-corrected chi connectivity index (χ2v) is 6.57. The number of hydrogen-bond donors (Lipinski definition) is 1. The molecule has 19 heavy (non-hydrogen) atoms. The fraction of sp³-hybridized carbons (Fsp3) is 0.647. The molecule has 1 N–H and O–H groups in total. The molecule has 0 bridgehead atoms. The summed E-state index contributed by atoms with van der Waals surface area (Å²) in [5.74, 6) is 1.87.